The number of hydrogen-bond acceptors (Lipinski definition) is 10. The Bertz CT molecular complexity index is 2020. The number of carboxylic acid groups (broad SMARTS) is 1. The van der Waals surface area contributed by atoms with Gasteiger partial charge >= 0.3 is 12.3 Å². The highest BCUT2D eigenvalue weighted by atomic mass is 19.4. The Labute approximate surface area is 341 Å². The number of aryl methyl sites for hydroxylation is 1. The third-order valence-corrected chi connectivity index (χ3v) is 13.2. The van der Waals surface area contributed by atoms with E-state index in [4.69, 9.17) is 9.47 Å². The van der Waals surface area contributed by atoms with Gasteiger partial charge in [-0.3, -0.25) is 14.9 Å². The predicted molar refractivity (Wildman–Crippen MR) is 214 cm³/mol. The van der Waals surface area contributed by atoms with Crippen molar-refractivity contribution >= 4 is 34.4 Å². The second-order valence-corrected chi connectivity index (χ2v) is 17.0. The van der Waals surface area contributed by atoms with Crippen LogP contribution in [-0.2, 0) is 11.0 Å². The molecule has 1 aliphatic carbocycles. The van der Waals surface area contributed by atoms with E-state index in [0.29, 0.717) is 90.5 Å². The van der Waals surface area contributed by atoms with Gasteiger partial charge in [0, 0.05) is 75.1 Å². The molecular weight excluding hydrogens is 771 g/mol. The number of carbonyl (C=O) groups excluding carboxylic acids is 1. The van der Waals surface area contributed by atoms with Gasteiger partial charge in [-0.1, -0.05) is 0 Å². The third-order valence-electron chi connectivity index (χ3n) is 13.2. The molecule has 0 unspecified atom stereocenters. The van der Waals surface area contributed by atoms with E-state index in [1.165, 1.54) is 32.8 Å². The minimum Gasteiger partial charge on any atom is -0.493 e. The van der Waals surface area contributed by atoms with Crippen molar-refractivity contribution in [1.29, 1.82) is 0 Å². The van der Waals surface area contributed by atoms with Gasteiger partial charge in [-0.25, -0.2) is 14.8 Å². The molecule has 2 aromatic carbocycles. The molecule has 3 aromatic rings. The molecule has 0 bridgehead atoms. The molecule has 0 radical (unpaired) electrons. The Kier molecular flexibility index (Phi) is 12.4. The largest absolute Gasteiger partial charge is 0.493 e. The number of hydrogen-bond donors (Lipinski definition) is 2. The SMILES string of the molecule is COc1cc2nc(C)nc(N[C@H](C)c3cc([N+](=O)[O-])cc(C(F)(F)F)c3)c2cc1OC1CCN(C(=O)C2CCN(CC3CCC4(CC3)CCN(C(=O)O)CC4)CC2)CC1. The maximum absolute atomic E-state index is 13.7. The van der Waals surface area contributed by atoms with Crippen molar-refractivity contribution in [3.8, 4) is 11.5 Å². The summed E-state index contributed by atoms with van der Waals surface area (Å²) in [6.45, 7) is 8.65. The molecule has 1 saturated carbocycles. The maximum atomic E-state index is 13.7. The molecule has 1 atom stereocenters. The number of piperidine rings is 3. The molecule has 14 nitrogen and oxygen atoms in total. The Morgan fingerprint density at radius 3 is 2.22 bits per heavy atom. The second kappa shape index (κ2) is 17.3. The van der Waals surface area contributed by atoms with E-state index in [1.807, 2.05) is 4.90 Å². The normalized spacial score (nSPS) is 20.4. The fraction of sp³-hybridized carbons (Fsp3) is 0.619. The molecule has 2 amide bonds. The molecule has 17 heteroatoms. The van der Waals surface area contributed by atoms with E-state index < -0.39 is 34.5 Å². The molecular formula is C42H54F3N7O7. The van der Waals surface area contributed by atoms with E-state index in [1.54, 1.807) is 30.9 Å². The summed E-state index contributed by atoms with van der Waals surface area (Å²) in [7, 11) is 1.52. The number of benzene rings is 2. The van der Waals surface area contributed by atoms with Crippen LogP contribution >= 0.6 is 0 Å². The van der Waals surface area contributed by atoms with Gasteiger partial charge in [0.2, 0.25) is 5.91 Å². The van der Waals surface area contributed by atoms with Crippen LogP contribution in [0.2, 0.25) is 0 Å². The first kappa shape index (κ1) is 42.2. The van der Waals surface area contributed by atoms with Crippen molar-refractivity contribution in [3.63, 3.8) is 0 Å². The zero-order valence-electron chi connectivity index (χ0n) is 33.9. The highest BCUT2D eigenvalue weighted by molar-refractivity contribution is 5.92. The van der Waals surface area contributed by atoms with Crippen molar-refractivity contribution in [2.24, 2.45) is 17.3 Å². The molecule has 3 saturated heterocycles. The number of amides is 2. The highest BCUT2D eigenvalue weighted by Crippen LogP contribution is 2.47. The van der Waals surface area contributed by atoms with Crippen LogP contribution in [0.25, 0.3) is 10.9 Å². The third kappa shape index (κ3) is 9.76. The average molecular weight is 826 g/mol. The number of alkyl halides is 3. The van der Waals surface area contributed by atoms with Gasteiger partial charge in [-0.2, -0.15) is 13.2 Å². The average Bonchev–Trinajstić information content (AvgIpc) is 3.21. The summed E-state index contributed by atoms with van der Waals surface area (Å²) in [6, 6.07) is 5.18. The summed E-state index contributed by atoms with van der Waals surface area (Å²) >= 11 is 0. The molecule has 320 valence electrons. The lowest BCUT2D eigenvalue weighted by Gasteiger charge is -2.46. The van der Waals surface area contributed by atoms with Crippen LogP contribution in [0.5, 0.6) is 11.5 Å². The number of fused-ring (bicyclic) bond motifs is 1. The number of halogens is 3. The molecule has 4 heterocycles. The number of nitro groups is 1. The number of ether oxygens (including phenoxy) is 2. The minimum absolute atomic E-state index is 0.0113. The lowest BCUT2D eigenvalue weighted by molar-refractivity contribution is -0.385. The summed E-state index contributed by atoms with van der Waals surface area (Å²) in [5.41, 5.74) is -0.882. The zero-order valence-corrected chi connectivity index (χ0v) is 33.9. The van der Waals surface area contributed by atoms with Gasteiger partial charge in [0.1, 0.15) is 17.7 Å². The van der Waals surface area contributed by atoms with Crippen molar-refractivity contribution in [3.05, 3.63) is 57.4 Å². The lowest BCUT2D eigenvalue weighted by atomic mass is 9.65. The van der Waals surface area contributed by atoms with Crippen LogP contribution in [0, 0.1) is 34.3 Å². The number of nitro benzene ring substituents is 1. The molecule has 4 fully saturated rings. The number of non-ortho nitro benzene ring substituents is 1. The quantitative estimate of drug-likeness (QED) is 0.150. The molecule has 4 aliphatic rings. The number of aromatic nitrogens is 2. The van der Waals surface area contributed by atoms with E-state index in [0.717, 1.165) is 57.5 Å². The van der Waals surface area contributed by atoms with Gasteiger partial charge in [-0.15, -0.1) is 0 Å². The molecule has 1 spiro atoms. The van der Waals surface area contributed by atoms with E-state index >= 15 is 0 Å². The number of anilines is 1. The minimum atomic E-state index is -4.77. The first-order chi connectivity index (χ1) is 28.1. The Morgan fingerprint density at radius 2 is 1.61 bits per heavy atom. The predicted octanol–water partition coefficient (Wildman–Crippen LogP) is 8.08. The molecule has 59 heavy (non-hydrogen) atoms. The summed E-state index contributed by atoms with van der Waals surface area (Å²) in [5, 5.41) is 24.5. The fourth-order valence-corrected chi connectivity index (χ4v) is 9.56. The molecule has 1 aromatic heterocycles. The summed E-state index contributed by atoms with van der Waals surface area (Å²) in [6.07, 6.45) is 3.90. The van der Waals surface area contributed by atoms with Gasteiger partial charge in [0.15, 0.2) is 11.5 Å². The number of likely N-dealkylation sites (tertiary alicyclic amines) is 3. The Hall–Kier alpha value is -4.93. The van der Waals surface area contributed by atoms with Gasteiger partial charge in [0.25, 0.3) is 5.69 Å². The van der Waals surface area contributed by atoms with Crippen LogP contribution in [0.3, 0.4) is 0 Å². The number of nitrogens with zero attached hydrogens (tertiary/aromatic N) is 6. The van der Waals surface area contributed by atoms with Gasteiger partial charge in [-0.05, 0) is 107 Å². The maximum Gasteiger partial charge on any atom is 0.416 e. The van der Waals surface area contributed by atoms with Crippen LogP contribution in [0.15, 0.2) is 30.3 Å². The van der Waals surface area contributed by atoms with E-state index in [-0.39, 0.29) is 23.5 Å². The molecule has 7 rings (SSSR count). The summed E-state index contributed by atoms with van der Waals surface area (Å²) < 4.78 is 53.1. The zero-order chi connectivity index (χ0) is 42.1. The van der Waals surface area contributed by atoms with E-state index in [2.05, 4.69) is 20.2 Å². The van der Waals surface area contributed by atoms with Crippen molar-refractivity contribution in [1.82, 2.24) is 24.7 Å². The molecule has 3 aliphatic heterocycles. The van der Waals surface area contributed by atoms with Crippen LogP contribution in [0.1, 0.15) is 94.1 Å². The fourth-order valence-electron chi connectivity index (χ4n) is 9.56. The van der Waals surface area contributed by atoms with Crippen molar-refractivity contribution < 1.29 is 42.3 Å². The molecule has 2 N–H and O–H groups in total. The lowest BCUT2D eigenvalue weighted by Crippen LogP contribution is -2.48. The first-order valence-electron chi connectivity index (χ1n) is 20.7. The van der Waals surface area contributed by atoms with Crippen LogP contribution in [0.4, 0.5) is 29.5 Å². The topological polar surface area (TPSA) is 163 Å². The standard InChI is InChI=1S/C42H54F3N7O7/c1-26(30-20-31(42(43,44)45)22-32(21-30)52(56)57)46-38-34-23-37(36(58-3)24-35(34)47-27(2)48-38)59-33-8-16-50(17-9-33)39(53)29-6-14-49(15-7-29)25-28-4-10-41(11-5-28)12-18-51(19-13-41)40(54)55/h20-24,26,28-29,33H,4-19,25H2,1-3H3,(H,54,55)(H,46,47,48)/t26-/m1/s1. The second-order valence-electron chi connectivity index (χ2n) is 17.0. The van der Waals surface area contributed by atoms with Crippen molar-refractivity contribution in [2.75, 3.05) is 58.2 Å². The van der Waals surface area contributed by atoms with E-state index in [9.17, 15) is 38.0 Å². The van der Waals surface area contributed by atoms with Crippen molar-refractivity contribution in [2.45, 2.75) is 96.4 Å². The Morgan fingerprint density at radius 1 is 0.932 bits per heavy atom. The smallest absolute Gasteiger partial charge is 0.416 e. The summed E-state index contributed by atoms with van der Waals surface area (Å²) in [5.74, 6) is 2.48. The van der Waals surface area contributed by atoms with Crippen LogP contribution < -0.4 is 14.8 Å². The number of carbonyl (C=O) groups is 2. The van der Waals surface area contributed by atoms with Gasteiger partial charge in [0.05, 0.1) is 29.2 Å². The first-order valence-corrected chi connectivity index (χ1v) is 20.7. The Balaban J connectivity index is 0.922. The highest BCUT2D eigenvalue weighted by Gasteiger charge is 2.40. The summed E-state index contributed by atoms with van der Waals surface area (Å²) in [4.78, 5) is 50.8. The number of rotatable bonds is 10. The monoisotopic (exact) mass is 825 g/mol. The van der Waals surface area contributed by atoms with Gasteiger partial charge < -0.3 is 34.6 Å². The van der Waals surface area contributed by atoms with Crippen LogP contribution in [-0.4, -0.2) is 106 Å². The number of methoxy groups -OCH3 is 1. The number of nitrogens with one attached hydrogen (secondary N) is 1.